The summed E-state index contributed by atoms with van der Waals surface area (Å²) in [6, 6.07) is 16.0. The first-order chi connectivity index (χ1) is 16.9. The molecule has 2 amide bonds. The van der Waals surface area contributed by atoms with Crippen LogP contribution in [0.1, 0.15) is 63.5 Å². The van der Waals surface area contributed by atoms with Crippen molar-refractivity contribution in [2.75, 3.05) is 22.1 Å². The fourth-order valence-corrected chi connectivity index (χ4v) is 5.84. The lowest BCUT2D eigenvalue weighted by Crippen LogP contribution is -2.14. The van der Waals surface area contributed by atoms with Crippen molar-refractivity contribution < 1.29 is 9.59 Å². The second-order valence-electron chi connectivity index (χ2n) is 8.37. The van der Waals surface area contributed by atoms with Gasteiger partial charge in [0.25, 0.3) is 0 Å². The summed E-state index contributed by atoms with van der Waals surface area (Å²) in [5.74, 6) is 1.33. The van der Waals surface area contributed by atoms with Crippen LogP contribution in [-0.2, 0) is 9.59 Å². The van der Waals surface area contributed by atoms with Crippen LogP contribution in [0.15, 0.2) is 57.2 Å². The molecule has 0 aliphatic heterocycles. The maximum absolute atomic E-state index is 12.3. The zero-order chi connectivity index (χ0) is 25.2. The van der Waals surface area contributed by atoms with E-state index in [1.807, 2.05) is 24.3 Å². The highest BCUT2D eigenvalue weighted by Crippen LogP contribution is 2.29. The van der Waals surface area contributed by atoms with Crippen LogP contribution in [-0.4, -0.2) is 33.5 Å². The van der Waals surface area contributed by atoms with E-state index in [0.29, 0.717) is 20.5 Å². The molecule has 35 heavy (non-hydrogen) atoms. The number of anilines is 2. The molecule has 0 fully saturated rings. The predicted molar refractivity (Wildman–Crippen MR) is 149 cm³/mol. The molecule has 0 aliphatic rings. The summed E-state index contributed by atoms with van der Waals surface area (Å²) in [5, 5.41) is 14.1. The van der Waals surface area contributed by atoms with Crippen molar-refractivity contribution in [3.05, 3.63) is 59.7 Å². The van der Waals surface area contributed by atoms with Crippen LogP contribution < -0.4 is 10.6 Å². The van der Waals surface area contributed by atoms with Crippen LogP contribution >= 0.6 is 34.9 Å². The summed E-state index contributed by atoms with van der Waals surface area (Å²) in [4.78, 5) is 24.6. The number of carbonyl (C=O) groups excluding carboxylic acids is 2. The Morgan fingerprint density at radius 3 is 1.46 bits per heavy atom. The Balaban J connectivity index is 1.39. The third kappa shape index (κ3) is 8.66. The second kappa shape index (κ2) is 13.7. The lowest BCUT2D eigenvalue weighted by molar-refractivity contribution is -0.114. The highest BCUT2D eigenvalue weighted by Gasteiger charge is 2.12. The Labute approximate surface area is 220 Å². The minimum Gasteiger partial charge on any atom is -0.325 e. The molecule has 0 bridgehead atoms. The van der Waals surface area contributed by atoms with Crippen molar-refractivity contribution in [3.8, 4) is 0 Å². The zero-order valence-corrected chi connectivity index (χ0v) is 23.0. The number of thioether (sulfide) groups is 2. The van der Waals surface area contributed by atoms with Gasteiger partial charge in [-0.2, -0.15) is 0 Å². The standard InChI is InChI=1S/C26H32N4O2S3/c1-5-17(3)19-7-11-21(12-8-19)27-23(31)15-33-25-29-30-26(35-25)34-16-24(32)28-22-13-9-20(10-14-22)18(4)6-2/h7-14,17-18H,5-6,15-16H2,1-4H3,(H,27,31)(H,28,32). The van der Waals surface area contributed by atoms with E-state index in [4.69, 9.17) is 0 Å². The van der Waals surface area contributed by atoms with Gasteiger partial charge in [0.15, 0.2) is 8.68 Å². The van der Waals surface area contributed by atoms with Gasteiger partial charge in [0.2, 0.25) is 11.8 Å². The van der Waals surface area contributed by atoms with Gasteiger partial charge in [0.05, 0.1) is 11.5 Å². The zero-order valence-electron chi connectivity index (χ0n) is 20.5. The van der Waals surface area contributed by atoms with Crippen molar-refractivity contribution in [1.29, 1.82) is 0 Å². The first-order valence-electron chi connectivity index (χ1n) is 11.8. The molecule has 1 heterocycles. The molecule has 2 N–H and O–H groups in total. The monoisotopic (exact) mass is 528 g/mol. The molecule has 0 spiro atoms. The van der Waals surface area contributed by atoms with E-state index >= 15 is 0 Å². The highest BCUT2D eigenvalue weighted by molar-refractivity contribution is 8.03. The van der Waals surface area contributed by atoms with Gasteiger partial charge in [0, 0.05) is 11.4 Å². The summed E-state index contributed by atoms with van der Waals surface area (Å²) in [7, 11) is 0. The third-order valence-electron chi connectivity index (χ3n) is 5.79. The van der Waals surface area contributed by atoms with Crippen LogP contribution in [0.3, 0.4) is 0 Å². The average molecular weight is 529 g/mol. The summed E-state index contributed by atoms with van der Waals surface area (Å²) >= 11 is 4.07. The van der Waals surface area contributed by atoms with Crippen LogP contribution in [0.25, 0.3) is 0 Å². The number of hydrogen-bond acceptors (Lipinski definition) is 7. The van der Waals surface area contributed by atoms with Gasteiger partial charge in [-0.25, -0.2) is 0 Å². The fraction of sp³-hybridized carbons (Fsp3) is 0.385. The van der Waals surface area contributed by atoms with Gasteiger partial charge in [-0.3, -0.25) is 9.59 Å². The summed E-state index contributed by atoms with van der Waals surface area (Å²) in [6.45, 7) is 8.71. The van der Waals surface area contributed by atoms with Gasteiger partial charge in [-0.15, -0.1) is 10.2 Å². The quantitative estimate of drug-likeness (QED) is 0.246. The minimum atomic E-state index is -0.0885. The topological polar surface area (TPSA) is 84.0 Å². The van der Waals surface area contributed by atoms with Crippen LogP contribution in [0, 0.1) is 0 Å². The van der Waals surface area contributed by atoms with Crippen LogP contribution in [0.2, 0.25) is 0 Å². The highest BCUT2D eigenvalue weighted by atomic mass is 32.2. The number of aromatic nitrogens is 2. The molecule has 0 radical (unpaired) electrons. The van der Waals surface area contributed by atoms with Gasteiger partial charge in [-0.1, -0.05) is 86.8 Å². The number of hydrogen-bond donors (Lipinski definition) is 2. The van der Waals surface area contributed by atoms with E-state index in [9.17, 15) is 9.59 Å². The Morgan fingerprint density at radius 1 is 0.743 bits per heavy atom. The normalized spacial score (nSPS) is 12.7. The van der Waals surface area contributed by atoms with Gasteiger partial charge in [-0.05, 0) is 60.1 Å². The van der Waals surface area contributed by atoms with E-state index in [1.54, 1.807) is 0 Å². The van der Waals surface area contributed by atoms with Gasteiger partial charge >= 0.3 is 0 Å². The molecule has 2 unspecified atom stereocenters. The molecule has 186 valence electrons. The first-order valence-corrected chi connectivity index (χ1v) is 14.5. The van der Waals surface area contributed by atoms with E-state index in [0.717, 1.165) is 24.2 Å². The molecule has 1 aromatic heterocycles. The van der Waals surface area contributed by atoms with Crippen molar-refractivity contribution in [1.82, 2.24) is 10.2 Å². The molecule has 3 rings (SSSR count). The SMILES string of the molecule is CCC(C)c1ccc(NC(=O)CSc2nnc(SCC(=O)Nc3ccc(C(C)CC)cc3)s2)cc1. The smallest absolute Gasteiger partial charge is 0.234 e. The van der Waals surface area contributed by atoms with E-state index in [1.165, 1.54) is 46.0 Å². The largest absolute Gasteiger partial charge is 0.325 e. The molecule has 2 atom stereocenters. The van der Waals surface area contributed by atoms with Crippen molar-refractivity contribution in [2.45, 2.75) is 61.1 Å². The van der Waals surface area contributed by atoms with E-state index < -0.39 is 0 Å². The minimum absolute atomic E-state index is 0.0885. The third-order valence-corrected chi connectivity index (χ3v) is 8.98. The lowest BCUT2D eigenvalue weighted by Gasteiger charge is -2.10. The molecule has 0 saturated carbocycles. The van der Waals surface area contributed by atoms with Crippen molar-refractivity contribution >= 4 is 58.0 Å². The molecule has 2 aromatic carbocycles. The van der Waals surface area contributed by atoms with E-state index in [-0.39, 0.29) is 23.3 Å². The molecular formula is C26H32N4O2S3. The lowest BCUT2D eigenvalue weighted by atomic mass is 9.99. The summed E-state index contributed by atoms with van der Waals surface area (Å²) < 4.78 is 1.41. The molecule has 0 aliphatic carbocycles. The number of nitrogens with zero attached hydrogens (tertiary/aromatic N) is 2. The average Bonchev–Trinajstić information content (AvgIpc) is 3.34. The Bertz CT molecular complexity index is 1010. The Kier molecular flexibility index (Phi) is 10.6. The number of carbonyl (C=O) groups is 2. The van der Waals surface area contributed by atoms with E-state index in [2.05, 4.69) is 72.8 Å². The van der Waals surface area contributed by atoms with Crippen LogP contribution in [0.5, 0.6) is 0 Å². The number of rotatable bonds is 12. The van der Waals surface area contributed by atoms with Gasteiger partial charge < -0.3 is 10.6 Å². The predicted octanol–water partition coefficient (Wildman–Crippen LogP) is 7.03. The van der Waals surface area contributed by atoms with Crippen molar-refractivity contribution in [2.24, 2.45) is 0 Å². The Hall–Kier alpha value is -2.36. The number of benzene rings is 2. The van der Waals surface area contributed by atoms with Crippen molar-refractivity contribution in [3.63, 3.8) is 0 Å². The maximum atomic E-state index is 12.3. The number of nitrogens with one attached hydrogen (secondary N) is 2. The summed E-state index contributed by atoms with van der Waals surface area (Å²) in [6.07, 6.45) is 2.17. The van der Waals surface area contributed by atoms with Gasteiger partial charge in [0.1, 0.15) is 0 Å². The second-order valence-corrected chi connectivity index (χ2v) is 11.8. The number of amides is 2. The maximum Gasteiger partial charge on any atom is 0.234 e. The first kappa shape index (κ1) is 27.2. The van der Waals surface area contributed by atoms with Crippen LogP contribution in [0.4, 0.5) is 11.4 Å². The molecule has 9 heteroatoms. The molecule has 0 saturated heterocycles. The Morgan fingerprint density at radius 2 is 1.11 bits per heavy atom. The fourth-order valence-electron chi connectivity index (χ4n) is 3.22. The summed E-state index contributed by atoms with van der Waals surface area (Å²) in [5.41, 5.74) is 4.12. The molecular weight excluding hydrogens is 497 g/mol. The molecule has 6 nitrogen and oxygen atoms in total. The molecule has 3 aromatic rings.